The summed E-state index contributed by atoms with van der Waals surface area (Å²) in [7, 11) is 0. The number of rotatable bonds is 6. The Morgan fingerprint density at radius 3 is 2.53 bits per heavy atom. The standard InChI is InChI=1S/C13H26N2O2/c1-4-11(5-2)15(8-9-16)13(17)12-6-7-14-10(12)3/h10-12,14,16H,4-9H2,1-3H3. The fourth-order valence-corrected chi connectivity index (χ4v) is 2.72. The lowest BCUT2D eigenvalue weighted by Crippen LogP contribution is -2.46. The van der Waals surface area contributed by atoms with Crippen molar-refractivity contribution in [2.45, 2.75) is 52.1 Å². The zero-order valence-electron chi connectivity index (χ0n) is 11.3. The van der Waals surface area contributed by atoms with E-state index in [1.807, 2.05) is 4.90 Å². The molecule has 4 nitrogen and oxygen atoms in total. The molecule has 0 aliphatic carbocycles. The van der Waals surface area contributed by atoms with Gasteiger partial charge < -0.3 is 15.3 Å². The molecule has 0 spiro atoms. The summed E-state index contributed by atoms with van der Waals surface area (Å²) in [6.07, 6.45) is 2.83. The molecular formula is C13H26N2O2. The van der Waals surface area contributed by atoms with Gasteiger partial charge in [0.2, 0.25) is 5.91 Å². The molecule has 1 saturated heterocycles. The van der Waals surface area contributed by atoms with Gasteiger partial charge >= 0.3 is 0 Å². The molecule has 100 valence electrons. The molecule has 1 rings (SSSR count). The predicted molar refractivity (Wildman–Crippen MR) is 68.7 cm³/mol. The molecule has 1 aliphatic rings. The second-order valence-corrected chi connectivity index (χ2v) is 4.86. The van der Waals surface area contributed by atoms with Gasteiger partial charge in [-0.3, -0.25) is 4.79 Å². The van der Waals surface area contributed by atoms with Gasteiger partial charge in [-0.1, -0.05) is 13.8 Å². The van der Waals surface area contributed by atoms with Crippen LogP contribution in [0, 0.1) is 5.92 Å². The number of hydrogen-bond donors (Lipinski definition) is 2. The van der Waals surface area contributed by atoms with Crippen LogP contribution in [-0.4, -0.2) is 47.7 Å². The first-order chi connectivity index (χ1) is 8.15. The highest BCUT2D eigenvalue weighted by Gasteiger charge is 2.34. The van der Waals surface area contributed by atoms with Gasteiger partial charge in [0.05, 0.1) is 12.5 Å². The minimum absolute atomic E-state index is 0.0524. The Hall–Kier alpha value is -0.610. The number of amides is 1. The summed E-state index contributed by atoms with van der Waals surface area (Å²) in [5, 5.41) is 12.4. The third-order valence-corrected chi connectivity index (χ3v) is 3.85. The van der Waals surface area contributed by atoms with Crippen molar-refractivity contribution >= 4 is 5.91 Å². The van der Waals surface area contributed by atoms with Crippen LogP contribution in [0.3, 0.4) is 0 Å². The quantitative estimate of drug-likeness (QED) is 0.730. The van der Waals surface area contributed by atoms with E-state index in [1.165, 1.54) is 0 Å². The molecule has 1 aliphatic heterocycles. The second-order valence-electron chi connectivity index (χ2n) is 4.86. The van der Waals surface area contributed by atoms with Crippen LogP contribution in [0.5, 0.6) is 0 Å². The number of nitrogens with zero attached hydrogens (tertiary/aromatic N) is 1. The first-order valence-corrected chi connectivity index (χ1v) is 6.80. The molecule has 2 atom stereocenters. The van der Waals surface area contributed by atoms with Crippen LogP contribution in [0.25, 0.3) is 0 Å². The smallest absolute Gasteiger partial charge is 0.227 e. The highest BCUT2D eigenvalue weighted by atomic mass is 16.3. The molecule has 17 heavy (non-hydrogen) atoms. The van der Waals surface area contributed by atoms with Crippen molar-refractivity contribution in [3.05, 3.63) is 0 Å². The fraction of sp³-hybridized carbons (Fsp3) is 0.923. The van der Waals surface area contributed by atoms with Gasteiger partial charge in [-0.2, -0.15) is 0 Å². The van der Waals surface area contributed by atoms with Gasteiger partial charge in [-0.15, -0.1) is 0 Å². The number of aliphatic hydroxyl groups excluding tert-OH is 1. The molecule has 0 aromatic carbocycles. The van der Waals surface area contributed by atoms with Crippen LogP contribution in [-0.2, 0) is 4.79 Å². The van der Waals surface area contributed by atoms with Crippen LogP contribution in [0.4, 0.5) is 0 Å². The lowest BCUT2D eigenvalue weighted by atomic mass is 9.98. The van der Waals surface area contributed by atoms with Crippen LogP contribution in [0.2, 0.25) is 0 Å². The lowest BCUT2D eigenvalue weighted by Gasteiger charge is -2.33. The predicted octanol–water partition coefficient (Wildman–Crippen LogP) is 0.994. The Kier molecular flexibility index (Phi) is 5.92. The van der Waals surface area contributed by atoms with Crippen molar-refractivity contribution in [2.24, 2.45) is 5.92 Å². The van der Waals surface area contributed by atoms with Crippen LogP contribution < -0.4 is 5.32 Å². The number of nitrogens with one attached hydrogen (secondary N) is 1. The molecule has 0 aromatic heterocycles. The average molecular weight is 242 g/mol. The largest absolute Gasteiger partial charge is 0.395 e. The molecule has 2 N–H and O–H groups in total. The fourth-order valence-electron chi connectivity index (χ4n) is 2.72. The summed E-state index contributed by atoms with van der Waals surface area (Å²) in [6.45, 7) is 7.71. The first kappa shape index (κ1) is 14.5. The Bertz CT molecular complexity index is 242. The summed E-state index contributed by atoms with van der Waals surface area (Å²) >= 11 is 0. The summed E-state index contributed by atoms with van der Waals surface area (Å²) in [5.41, 5.74) is 0. The van der Waals surface area contributed by atoms with Crippen LogP contribution in [0.1, 0.15) is 40.0 Å². The number of carbonyl (C=O) groups is 1. The highest BCUT2D eigenvalue weighted by Crippen LogP contribution is 2.21. The summed E-state index contributed by atoms with van der Waals surface area (Å²) < 4.78 is 0. The number of carbonyl (C=O) groups excluding carboxylic acids is 1. The molecule has 2 unspecified atom stereocenters. The van der Waals surface area contributed by atoms with Crippen molar-refractivity contribution in [3.63, 3.8) is 0 Å². The van der Waals surface area contributed by atoms with Crippen LogP contribution >= 0.6 is 0 Å². The Balaban J connectivity index is 2.71. The van der Waals surface area contributed by atoms with Crippen molar-refractivity contribution in [1.82, 2.24) is 10.2 Å². The second kappa shape index (κ2) is 6.97. The molecule has 1 fully saturated rings. The summed E-state index contributed by atoms with van der Waals surface area (Å²) in [5.74, 6) is 0.299. The van der Waals surface area contributed by atoms with E-state index in [4.69, 9.17) is 5.11 Å². The SMILES string of the molecule is CCC(CC)N(CCO)C(=O)C1CCNC1C. The normalized spacial score (nSPS) is 24.3. The summed E-state index contributed by atoms with van der Waals surface area (Å²) in [6, 6.07) is 0.528. The number of aliphatic hydroxyl groups is 1. The monoisotopic (exact) mass is 242 g/mol. The molecule has 0 saturated carbocycles. The van der Waals surface area contributed by atoms with Crippen LogP contribution in [0.15, 0.2) is 0 Å². The van der Waals surface area contributed by atoms with Crippen molar-refractivity contribution in [2.75, 3.05) is 19.7 Å². The maximum Gasteiger partial charge on any atom is 0.227 e. The van der Waals surface area contributed by atoms with E-state index in [0.717, 1.165) is 25.8 Å². The molecule has 1 amide bonds. The van der Waals surface area contributed by atoms with Crippen molar-refractivity contribution in [1.29, 1.82) is 0 Å². The van der Waals surface area contributed by atoms with Gasteiger partial charge in [-0.05, 0) is 32.7 Å². The molecule has 0 radical (unpaired) electrons. The lowest BCUT2D eigenvalue weighted by molar-refractivity contribution is -0.138. The molecule has 0 bridgehead atoms. The zero-order chi connectivity index (χ0) is 12.8. The minimum Gasteiger partial charge on any atom is -0.395 e. The van der Waals surface area contributed by atoms with E-state index in [1.54, 1.807) is 0 Å². The molecule has 0 aromatic rings. The third-order valence-electron chi connectivity index (χ3n) is 3.85. The van der Waals surface area contributed by atoms with Gasteiger partial charge in [0.1, 0.15) is 0 Å². The van der Waals surface area contributed by atoms with E-state index in [-0.39, 0.29) is 30.5 Å². The van der Waals surface area contributed by atoms with Crippen molar-refractivity contribution < 1.29 is 9.90 Å². The van der Waals surface area contributed by atoms with Gasteiger partial charge in [0, 0.05) is 18.6 Å². The minimum atomic E-state index is 0.0524. The summed E-state index contributed by atoms with van der Waals surface area (Å²) in [4.78, 5) is 14.4. The van der Waals surface area contributed by atoms with E-state index >= 15 is 0 Å². The Morgan fingerprint density at radius 1 is 1.47 bits per heavy atom. The molecule has 1 heterocycles. The van der Waals surface area contributed by atoms with E-state index < -0.39 is 0 Å². The van der Waals surface area contributed by atoms with E-state index in [9.17, 15) is 4.79 Å². The Labute approximate surface area is 104 Å². The highest BCUT2D eigenvalue weighted by molar-refractivity contribution is 5.80. The van der Waals surface area contributed by atoms with Crippen molar-refractivity contribution in [3.8, 4) is 0 Å². The zero-order valence-corrected chi connectivity index (χ0v) is 11.3. The third kappa shape index (κ3) is 3.42. The van der Waals surface area contributed by atoms with Gasteiger partial charge in [-0.25, -0.2) is 0 Å². The maximum atomic E-state index is 12.5. The average Bonchev–Trinajstić information content (AvgIpc) is 2.75. The van der Waals surface area contributed by atoms with Gasteiger partial charge in [0.25, 0.3) is 0 Å². The topological polar surface area (TPSA) is 52.6 Å². The Morgan fingerprint density at radius 2 is 2.12 bits per heavy atom. The molecular weight excluding hydrogens is 216 g/mol. The van der Waals surface area contributed by atoms with Gasteiger partial charge in [0.15, 0.2) is 0 Å². The number of hydrogen-bond acceptors (Lipinski definition) is 3. The van der Waals surface area contributed by atoms with E-state index in [2.05, 4.69) is 26.1 Å². The first-order valence-electron chi connectivity index (χ1n) is 6.80. The maximum absolute atomic E-state index is 12.5. The molecule has 4 heteroatoms. The van der Waals surface area contributed by atoms with E-state index in [0.29, 0.717) is 6.54 Å².